The Morgan fingerprint density at radius 3 is 1.97 bits per heavy atom. The molecule has 42 heteroatoms. The van der Waals surface area contributed by atoms with Crippen molar-refractivity contribution in [1.29, 1.82) is 0 Å². The summed E-state index contributed by atoms with van der Waals surface area (Å²) < 4.78 is 82.0. The van der Waals surface area contributed by atoms with Crippen molar-refractivity contribution in [2.45, 2.75) is 176 Å². The molecule has 0 unspecified atom stereocenters. The highest BCUT2D eigenvalue weighted by molar-refractivity contribution is 6.32. The van der Waals surface area contributed by atoms with Gasteiger partial charge in [-0.3, -0.25) is 48.0 Å². The molecule has 14 rings (SSSR count). The Morgan fingerprint density at radius 1 is 0.704 bits per heavy atom. The van der Waals surface area contributed by atoms with Gasteiger partial charge in [-0.15, -0.1) is 13.2 Å². The number of ether oxygens (including phenoxy) is 7. The minimum Gasteiger partial charge on any atom is -0.508 e. The average Bonchev–Trinajstić information content (AvgIpc) is 0.761. The summed E-state index contributed by atoms with van der Waals surface area (Å²) in [5.74, 6) is -16.8. The van der Waals surface area contributed by atoms with Gasteiger partial charge in [-0.25, -0.2) is 5.48 Å². The molecule has 0 aliphatic carbocycles. The van der Waals surface area contributed by atoms with E-state index in [4.69, 9.17) is 62.2 Å². The number of aliphatic hydroxyl groups excluding tert-OH is 6. The number of rotatable bonds is 21. The number of primary amides is 1. The van der Waals surface area contributed by atoms with Gasteiger partial charge in [0.15, 0.2) is 23.9 Å². The highest BCUT2D eigenvalue weighted by atomic mass is 35.5. The zero-order valence-corrected chi connectivity index (χ0v) is 68.7. The second-order valence-corrected chi connectivity index (χ2v) is 31.6. The number of hydrogen-bond donors (Lipinski definition) is 20. The Morgan fingerprint density at radius 2 is 1.34 bits per heavy atom. The van der Waals surface area contributed by atoms with Crippen molar-refractivity contribution in [1.82, 2.24) is 48.0 Å². The van der Waals surface area contributed by atoms with E-state index in [-0.39, 0.29) is 65.6 Å². The fourth-order valence-corrected chi connectivity index (χ4v) is 15.4. The quantitative estimate of drug-likeness (QED) is 0.0451. The molecule has 0 spiro atoms. The third-order valence-corrected chi connectivity index (χ3v) is 21.9. The molecule has 7 aliphatic heterocycles. The zero-order chi connectivity index (χ0) is 90.5. The molecule has 2 saturated heterocycles. The number of fused-ring (bicyclic) bond motifs is 15. The molecule has 668 valence electrons. The number of aliphatic hydroxyl groups is 6. The van der Waals surface area contributed by atoms with E-state index < -0.39 is 260 Å². The van der Waals surface area contributed by atoms with Gasteiger partial charge in [0.05, 0.1) is 47.9 Å². The molecule has 7 aromatic rings. The summed E-state index contributed by atoms with van der Waals surface area (Å²) in [6, 6.07) is 10.0. The Balaban J connectivity index is 1.01. The van der Waals surface area contributed by atoms with Crippen LogP contribution in [0.2, 0.25) is 10.0 Å². The van der Waals surface area contributed by atoms with Gasteiger partial charge in [-0.2, -0.15) is 0 Å². The number of halogens is 5. The molecular formula is C83H90Cl2F3N11O26. The third kappa shape index (κ3) is 21.3. The predicted molar refractivity (Wildman–Crippen MR) is 432 cm³/mol. The van der Waals surface area contributed by atoms with Gasteiger partial charge in [-0.1, -0.05) is 67.4 Å². The van der Waals surface area contributed by atoms with Crippen LogP contribution in [0.4, 0.5) is 18.9 Å². The minimum atomic E-state index is -4.97. The molecule has 9 amide bonds. The highest BCUT2D eigenvalue weighted by Gasteiger charge is 2.53. The molecule has 125 heavy (non-hydrogen) atoms. The van der Waals surface area contributed by atoms with E-state index in [1.54, 1.807) is 45.0 Å². The number of alkyl halides is 3. The Labute approximate surface area is 719 Å². The van der Waals surface area contributed by atoms with Crippen molar-refractivity contribution in [3.05, 3.63) is 176 Å². The maximum atomic E-state index is 16.3. The van der Waals surface area contributed by atoms with Crippen molar-refractivity contribution < 1.29 is 140 Å². The van der Waals surface area contributed by atoms with Crippen LogP contribution >= 0.6 is 23.2 Å². The molecule has 7 aromatic carbocycles. The van der Waals surface area contributed by atoms with Crippen molar-refractivity contribution in [2.24, 2.45) is 11.7 Å². The van der Waals surface area contributed by atoms with Gasteiger partial charge in [0.2, 0.25) is 53.4 Å². The lowest BCUT2D eigenvalue weighted by atomic mass is 9.84. The molecule has 7 aliphatic rings. The van der Waals surface area contributed by atoms with Crippen LogP contribution in [0.25, 0.3) is 11.1 Å². The van der Waals surface area contributed by atoms with E-state index in [9.17, 15) is 78.3 Å². The normalized spacial score (nSPS) is 26.0. The monoisotopic (exact) mass is 1780 g/mol. The fourth-order valence-electron chi connectivity index (χ4n) is 14.9. The van der Waals surface area contributed by atoms with Crippen LogP contribution in [0.15, 0.2) is 127 Å². The van der Waals surface area contributed by atoms with Crippen LogP contribution in [0.3, 0.4) is 0 Å². The predicted octanol–water partition coefficient (Wildman–Crippen LogP) is 4.07. The van der Waals surface area contributed by atoms with Gasteiger partial charge in [0.25, 0.3) is 11.8 Å². The number of benzene rings is 7. The average molecular weight is 1790 g/mol. The number of nitrogens with two attached hydrogens (primary N) is 1. The summed E-state index contributed by atoms with van der Waals surface area (Å²) in [5.41, 5.74) is 4.58. The van der Waals surface area contributed by atoms with E-state index in [0.717, 1.165) is 91.0 Å². The lowest BCUT2D eigenvalue weighted by Crippen LogP contribution is -2.65. The summed E-state index contributed by atoms with van der Waals surface area (Å²) in [6.07, 6.45) is -24.6. The number of amides is 9. The molecule has 2 fully saturated rings. The number of hydrogen-bond acceptors (Lipinski definition) is 28. The smallest absolute Gasteiger partial charge is 0.508 e. The summed E-state index contributed by atoms with van der Waals surface area (Å²) >= 11 is 14.4. The minimum absolute atomic E-state index is 0.00968. The zero-order valence-electron chi connectivity index (χ0n) is 67.2. The largest absolute Gasteiger partial charge is 0.573 e. The molecular weight excluding hydrogens is 1690 g/mol. The number of aromatic hydroxyl groups is 3. The van der Waals surface area contributed by atoms with Gasteiger partial charge in [0.1, 0.15) is 101 Å². The summed E-state index contributed by atoms with van der Waals surface area (Å²) in [7, 11) is 1.46. The van der Waals surface area contributed by atoms with Gasteiger partial charge >= 0.3 is 6.36 Å². The maximum absolute atomic E-state index is 16.3. The number of phenolic OH excluding ortho intramolecular Hbond substituents is 3. The molecule has 0 radical (unpaired) electrons. The number of likely N-dealkylation sites (N-methyl/N-ethyl adjacent to an activating group) is 1. The molecule has 7 heterocycles. The standard InChI is InChI=1S/C83H90Cl2F3N11O26/c1-7-118-99-80(117)63-46-28-43(101)29-52(103)60(46)45-23-38(13-18-51(45)102)61-76(113)98-65(79(116)96-63)67(106)40-15-20-54(48(85)25-40)121-56-27-41-26-55(120-53-19-14-39(24-47(53)84)66(105)64(97-74(111)49(90-6)21-34(2)3)78(115)93-50(30-58(89)104)75(112)94-62(41)77(114)95-61)70(56)124-81-71(69(108)68(107)57(33-100)122-81)123-59-31-82(5,72(109)35(4)119-59)91-32-36-9-8-10-42(22-36)92-73(110)37-11-16-44(17-12-37)125-83(86,87)88/h8-20,22-29,34-35,49-50,57,59,61-69,71-72,81,90-91,100-103,105-109H,7,21,30-33H2,1-6H3,(H2,89,104)(H,92,110)(H,93,115)(H,94,112)(H,95,114)(H,96,116)(H,97,111)(H,98,113)(H,99,117)/t35-,49+,50-,57+,59-,61+,62+,63+,64+,65-,66+,67+,68+,69-,71+,72+,81-,82-/m0/s1. The fraction of sp³-hybridized carbons (Fsp3) is 0.386. The van der Waals surface area contributed by atoms with Crippen LogP contribution in [-0.2, 0) is 63.9 Å². The molecule has 0 saturated carbocycles. The van der Waals surface area contributed by atoms with Crippen LogP contribution in [0.1, 0.15) is 128 Å². The van der Waals surface area contributed by atoms with E-state index >= 15 is 24.0 Å². The van der Waals surface area contributed by atoms with Gasteiger partial charge < -0.3 is 133 Å². The second-order valence-electron chi connectivity index (χ2n) is 30.8. The molecule has 37 nitrogen and oxygen atoms in total. The maximum Gasteiger partial charge on any atom is 0.573 e. The SMILES string of the molecule is CCONC(=O)[C@@H]1NC(=O)[C@H]2NC(=O)[C@H](NC(=O)[C@@H]3NC(=O)[C@H](CC(N)=O)NC(=O)[C@H](NC(=O)[C@@H](CC(C)C)NC)[C@H](O)c4ccc(c(Cl)c4)Oc4cc3cc(c4O[C@@H]3O[C@H](CO)[C@@H](O)[C@H](O)[C@H]3O[C@H]3C[C@](C)(NCc4cccc(NC(=O)c5ccc(OC(F)(F)F)cc5)c4)[C@H](O)[C@H](C)O3)Oc3ccc(cc3Cl)[C@H]2O)c2ccc(O)c(c2)-c2c(O)cc(O)cc21. The van der Waals surface area contributed by atoms with Crippen LogP contribution in [-0.4, -0.2) is 205 Å². The van der Waals surface area contributed by atoms with Gasteiger partial charge in [0, 0.05) is 46.9 Å². The molecule has 21 N–H and O–H groups in total. The van der Waals surface area contributed by atoms with E-state index in [1.807, 2.05) is 0 Å². The first-order valence-electron chi connectivity index (χ1n) is 39.1. The first-order valence-corrected chi connectivity index (χ1v) is 39.8. The van der Waals surface area contributed by atoms with Crippen LogP contribution in [0, 0.1) is 5.92 Å². The number of carbonyl (C=O) groups excluding carboxylic acids is 9. The lowest BCUT2D eigenvalue weighted by Gasteiger charge is -2.48. The Bertz CT molecular complexity index is 5260. The van der Waals surface area contributed by atoms with Crippen molar-refractivity contribution in [3.63, 3.8) is 0 Å². The number of carbonyl (C=O) groups is 9. The lowest BCUT2D eigenvalue weighted by molar-refractivity contribution is -0.334. The van der Waals surface area contributed by atoms with Crippen molar-refractivity contribution >= 4 is 82.1 Å². The van der Waals surface area contributed by atoms with E-state index in [2.05, 4.69) is 58.1 Å². The number of hydroxylamine groups is 1. The summed E-state index contributed by atoms with van der Waals surface area (Å²) in [4.78, 5) is 138. The van der Waals surface area contributed by atoms with Crippen molar-refractivity contribution in [2.75, 3.05) is 25.6 Å². The first-order chi connectivity index (χ1) is 59.2. The second kappa shape index (κ2) is 38.8. The number of phenols is 3. The summed E-state index contributed by atoms with van der Waals surface area (Å²) in [5, 5.41) is 129. The van der Waals surface area contributed by atoms with Crippen LogP contribution < -0.4 is 78.0 Å². The Hall–Kier alpha value is -11.7. The first kappa shape index (κ1) is 92.4. The molecule has 11 bridgehead atoms. The highest BCUT2D eigenvalue weighted by Crippen LogP contribution is 2.50. The molecule has 18 atom stereocenters. The van der Waals surface area contributed by atoms with E-state index in [0.29, 0.717) is 5.56 Å². The van der Waals surface area contributed by atoms with Crippen LogP contribution in [0.5, 0.6) is 51.7 Å². The van der Waals surface area contributed by atoms with Crippen molar-refractivity contribution in [3.8, 4) is 62.9 Å². The summed E-state index contributed by atoms with van der Waals surface area (Å²) in [6.45, 7) is 6.97. The van der Waals surface area contributed by atoms with E-state index in [1.165, 1.54) is 33.0 Å². The molecule has 0 aromatic heterocycles. The number of anilines is 1. The van der Waals surface area contributed by atoms with Gasteiger partial charge in [-0.05, 0) is 165 Å². The third-order valence-electron chi connectivity index (χ3n) is 21.3. The number of nitrogens with one attached hydrogen (secondary N) is 10. The topological polar surface area (TPSA) is 556 Å². The Kier molecular flexibility index (Phi) is 28.7.